The second-order valence-corrected chi connectivity index (χ2v) is 7.88. The van der Waals surface area contributed by atoms with E-state index in [2.05, 4.69) is 25.9 Å². The van der Waals surface area contributed by atoms with Crippen molar-refractivity contribution in [1.82, 2.24) is 25.9 Å². The normalized spacial score (nSPS) is 14.1. The molecule has 36 heavy (non-hydrogen) atoms. The van der Waals surface area contributed by atoms with E-state index in [1.807, 2.05) is 0 Å². The molecule has 194 valence electrons. The zero-order valence-electron chi connectivity index (χ0n) is 19.1. The Bertz CT molecular complexity index is 1050. The van der Waals surface area contributed by atoms with Crippen molar-refractivity contribution in [2.75, 3.05) is 6.61 Å². The van der Waals surface area contributed by atoms with Gasteiger partial charge in [-0.3, -0.25) is 19.2 Å². The van der Waals surface area contributed by atoms with Crippen LogP contribution in [0.3, 0.4) is 0 Å². The van der Waals surface area contributed by atoms with Gasteiger partial charge < -0.3 is 42.0 Å². The molecule has 14 heteroatoms. The predicted octanol–water partition coefficient (Wildman–Crippen LogP) is -2.47. The van der Waals surface area contributed by atoms with Gasteiger partial charge in [-0.25, -0.2) is 9.78 Å². The third kappa shape index (κ3) is 8.81. The Morgan fingerprint density at radius 3 is 2.06 bits per heavy atom. The molecular weight excluding hydrogens is 476 g/mol. The Hall–Kier alpha value is -4.30. The highest BCUT2D eigenvalue weighted by Gasteiger charge is 2.31. The average Bonchev–Trinajstić information content (AvgIpc) is 3.34. The molecule has 1 aromatic carbocycles. The third-order valence-corrected chi connectivity index (χ3v) is 5.06. The summed E-state index contributed by atoms with van der Waals surface area (Å²) in [5.74, 6) is -5.64. The summed E-state index contributed by atoms with van der Waals surface area (Å²) in [7, 11) is 0. The van der Waals surface area contributed by atoms with Crippen LogP contribution in [0.1, 0.15) is 17.7 Å². The van der Waals surface area contributed by atoms with Crippen molar-refractivity contribution in [2.45, 2.75) is 43.4 Å². The fraction of sp³-hybridized carbons (Fsp3) is 0.364. The van der Waals surface area contributed by atoms with E-state index in [1.54, 1.807) is 30.3 Å². The summed E-state index contributed by atoms with van der Waals surface area (Å²) in [6, 6.07) is 2.82. The van der Waals surface area contributed by atoms with Gasteiger partial charge in [0.05, 0.1) is 25.4 Å². The third-order valence-electron chi connectivity index (χ3n) is 5.06. The van der Waals surface area contributed by atoms with Crippen molar-refractivity contribution in [3.05, 3.63) is 54.1 Å². The Balaban J connectivity index is 2.12. The molecule has 14 nitrogen and oxygen atoms in total. The van der Waals surface area contributed by atoms with Gasteiger partial charge in [0, 0.05) is 24.7 Å². The summed E-state index contributed by atoms with van der Waals surface area (Å²) in [6.07, 6.45) is 2.02. The van der Waals surface area contributed by atoms with Gasteiger partial charge in [-0.05, 0) is 5.56 Å². The quantitative estimate of drug-likeness (QED) is 0.135. The summed E-state index contributed by atoms with van der Waals surface area (Å²) < 4.78 is 0. The molecule has 2 aromatic rings. The summed E-state index contributed by atoms with van der Waals surface area (Å²) >= 11 is 0. The molecular formula is C22H28N6O8. The van der Waals surface area contributed by atoms with Crippen molar-refractivity contribution in [2.24, 2.45) is 5.73 Å². The molecule has 1 heterocycles. The maximum atomic E-state index is 12.8. The zero-order chi connectivity index (χ0) is 26.7. The number of aliphatic hydroxyl groups is 1. The first-order valence-corrected chi connectivity index (χ1v) is 10.8. The number of hydrogen-bond donors (Lipinski definition) is 8. The van der Waals surface area contributed by atoms with Gasteiger partial charge in [-0.2, -0.15) is 0 Å². The lowest BCUT2D eigenvalue weighted by atomic mass is 10.0. The number of nitrogens with one attached hydrogen (secondary N) is 4. The number of H-pyrrole nitrogens is 1. The highest BCUT2D eigenvalue weighted by molar-refractivity contribution is 5.94. The van der Waals surface area contributed by atoms with Crippen LogP contribution in [0.25, 0.3) is 0 Å². The minimum atomic E-state index is -1.74. The number of nitrogens with two attached hydrogens (primary N) is 1. The SMILES string of the molecule is NC(Cc1cnc[nH]1)C(=O)NC(CO)C(=O)NC(Cc1ccccc1)C(=O)NC(CC(=O)O)C(=O)O. The van der Waals surface area contributed by atoms with E-state index in [4.69, 9.17) is 10.8 Å². The first-order valence-electron chi connectivity index (χ1n) is 10.8. The Kier molecular flexibility index (Phi) is 10.5. The topological polar surface area (TPSA) is 237 Å². The molecule has 2 rings (SSSR count). The molecule has 0 aliphatic carbocycles. The number of aromatic amines is 1. The highest BCUT2D eigenvalue weighted by Crippen LogP contribution is 2.06. The number of rotatable bonds is 14. The van der Waals surface area contributed by atoms with E-state index in [9.17, 15) is 34.2 Å². The maximum Gasteiger partial charge on any atom is 0.326 e. The molecule has 0 bridgehead atoms. The number of hydrogen-bond acceptors (Lipinski definition) is 8. The first-order chi connectivity index (χ1) is 17.1. The number of carbonyl (C=O) groups is 5. The predicted molar refractivity (Wildman–Crippen MR) is 123 cm³/mol. The van der Waals surface area contributed by atoms with Crippen molar-refractivity contribution in [1.29, 1.82) is 0 Å². The van der Waals surface area contributed by atoms with Crippen molar-refractivity contribution < 1.29 is 39.3 Å². The lowest BCUT2D eigenvalue weighted by Gasteiger charge is -2.24. The highest BCUT2D eigenvalue weighted by atomic mass is 16.4. The van der Waals surface area contributed by atoms with E-state index >= 15 is 0 Å². The van der Waals surface area contributed by atoms with Crippen LogP contribution in [0.4, 0.5) is 0 Å². The minimum Gasteiger partial charge on any atom is -0.481 e. The summed E-state index contributed by atoms with van der Waals surface area (Å²) in [5.41, 5.74) is 7.03. The molecule has 0 spiro atoms. The molecule has 9 N–H and O–H groups in total. The molecule has 3 amide bonds. The first kappa shape index (κ1) is 27.9. The van der Waals surface area contributed by atoms with Crippen LogP contribution in [0.2, 0.25) is 0 Å². The van der Waals surface area contributed by atoms with Crippen molar-refractivity contribution >= 4 is 29.7 Å². The summed E-state index contributed by atoms with van der Waals surface area (Å²) in [4.78, 5) is 67.0. The molecule has 1 aromatic heterocycles. The van der Waals surface area contributed by atoms with Crippen LogP contribution in [0.5, 0.6) is 0 Å². The molecule has 0 saturated heterocycles. The number of benzene rings is 1. The maximum absolute atomic E-state index is 12.8. The molecule has 0 aliphatic rings. The second kappa shape index (κ2) is 13.6. The number of aliphatic carboxylic acids is 2. The van der Waals surface area contributed by atoms with Crippen LogP contribution < -0.4 is 21.7 Å². The largest absolute Gasteiger partial charge is 0.481 e. The molecule has 0 aliphatic heterocycles. The van der Waals surface area contributed by atoms with Gasteiger partial charge in [0.2, 0.25) is 17.7 Å². The number of amides is 3. The van der Waals surface area contributed by atoms with Crippen LogP contribution in [0, 0.1) is 0 Å². The molecule has 0 saturated carbocycles. The lowest BCUT2D eigenvalue weighted by molar-refractivity contribution is -0.147. The van der Waals surface area contributed by atoms with Gasteiger partial charge in [0.15, 0.2) is 0 Å². The van der Waals surface area contributed by atoms with Crippen LogP contribution in [-0.2, 0) is 36.8 Å². The van der Waals surface area contributed by atoms with E-state index in [0.29, 0.717) is 11.3 Å². The molecule has 4 atom stereocenters. The van der Waals surface area contributed by atoms with Crippen LogP contribution >= 0.6 is 0 Å². The van der Waals surface area contributed by atoms with Gasteiger partial charge >= 0.3 is 11.9 Å². The van der Waals surface area contributed by atoms with E-state index < -0.39 is 66.9 Å². The minimum absolute atomic E-state index is 0.0801. The summed E-state index contributed by atoms with van der Waals surface area (Å²) in [6.45, 7) is -0.815. The number of aliphatic hydroxyl groups excluding tert-OH is 1. The fourth-order valence-corrected chi connectivity index (χ4v) is 3.18. The lowest BCUT2D eigenvalue weighted by Crippen LogP contribution is -2.58. The van der Waals surface area contributed by atoms with Gasteiger partial charge in [-0.15, -0.1) is 0 Å². The summed E-state index contributed by atoms with van der Waals surface area (Å²) in [5, 5.41) is 34.6. The standard InChI is InChI=1S/C22H28N6O8/c23-14(7-13-9-24-11-25-13)19(32)28-17(10-29)21(34)26-15(6-12-4-2-1-3-5-12)20(33)27-16(22(35)36)8-18(30)31/h1-5,9,11,14-17,29H,6-8,10,23H2,(H,24,25)(H,26,34)(H,27,33)(H,28,32)(H,30,31)(H,35,36). The zero-order valence-corrected chi connectivity index (χ0v) is 19.1. The van der Waals surface area contributed by atoms with Gasteiger partial charge in [-0.1, -0.05) is 30.3 Å². The Morgan fingerprint density at radius 1 is 0.889 bits per heavy atom. The van der Waals surface area contributed by atoms with Crippen molar-refractivity contribution in [3.63, 3.8) is 0 Å². The van der Waals surface area contributed by atoms with E-state index in [0.717, 1.165) is 0 Å². The fourth-order valence-electron chi connectivity index (χ4n) is 3.18. The second-order valence-electron chi connectivity index (χ2n) is 7.88. The molecule has 0 fully saturated rings. The van der Waals surface area contributed by atoms with Crippen LogP contribution in [-0.4, -0.2) is 85.7 Å². The smallest absolute Gasteiger partial charge is 0.326 e. The number of carboxylic acid groups (broad SMARTS) is 2. The number of carbonyl (C=O) groups excluding carboxylic acids is 3. The number of nitrogens with zero attached hydrogens (tertiary/aromatic N) is 1. The Morgan fingerprint density at radius 2 is 1.50 bits per heavy atom. The molecule has 4 unspecified atom stereocenters. The van der Waals surface area contributed by atoms with Crippen molar-refractivity contribution in [3.8, 4) is 0 Å². The monoisotopic (exact) mass is 504 g/mol. The van der Waals surface area contributed by atoms with Gasteiger partial charge in [0.1, 0.15) is 18.1 Å². The molecule has 0 radical (unpaired) electrons. The number of carboxylic acids is 2. The number of aromatic nitrogens is 2. The van der Waals surface area contributed by atoms with E-state index in [-0.39, 0.29) is 12.8 Å². The van der Waals surface area contributed by atoms with Crippen LogP contribution in [0.15, 0.2) is 42.9 Å². The number of imidazole rings is 1. The van der Waals surface area contributed by atoms with E-state index in [1.165, 1.54) is 12.5 Å². The average molecular weight is 505 g/mol. The Labute approximate surface area is 205 Å². The van der Waals surface area contributed by atoms with Gasteiger partial charge in [0.25, 0.3) is 0 Å².